The number of nitrogens with zero attached hydrogens (tertiary/aromatic N) is 1. The molecule has 0 unspecified atom stereocenters. The lowest BCUT2D eigenvalue weighted by Crippen LogP contribution is -2.00. The molecular formula is C21H24N2O2. The van der Waals surface area contributed by atoms with Crippen LogP contribution in [0.5, 0.6) is 5.75 Å². The summed E-state index contributed by atoms with van der Waals surface area (Å²) in [7, 11) is 0. The van der Waals surface area contributed by atoms with E-state index < -0.39 is 0 Å². The molecule has 0 radical (unpaired) electrons. The van der Waals surface area contributed by atoms with Crippen molar-refractivity contribution in [1.82, 2.24) is 4.98 Å². The van der Waals surface area contributed by atoms with Crippen molar-refractivity contribution < 1.29 is 9.15 Å². The number of ether oxygens (including phenoxy) is 1. The third-order valence-corrected chi connectivity index (χ3v) is 4.02. The maximum atomic E-state index is 5.65. The second-order valence-corrected chi connectivity index (χ2v) is 6.20. The first-order chi connectivity index (χ1) is 12.2. The van der Waals surface area contributed by atoms with Gasteiger partial charge in [0.05, 0.1) is 24.4 Å². The number of hydrogen-bond donors (Lipinski definition) is 1. The SMILES string of the molecule is CCOc1ccccc1-c1nc(CNc2ccc(C(C)C)cc2)co1. The van der Waals surface area contributed by atoms with Gasteiger partial charge in [-0.1, -0.05) is 38.1 Å². The van der Waals surface area contributed by atoms with Crippen molar-refractivity contribution in [3.8, 4) is 17.2 Å². The minimum atomic E-state index is 0.539. The van der Waals surface area contributed by atoms with Crippen LogP contribution in [-0.2, 0) is 6.54 Å². The molecule has 25 heavy (non-hydrogen) atoms. The van der Waals surface area contributed by atoms with Crippen molar-refractivity contribution in [1.29, 1.82) is 0 Å². The minimum absolute atomic E-state index is 0.539. The highest BCUT2D eigenvalue weighted by Gasteiger charge is 2.12. The molecule has 0 amide bonds. The Kier molecular flexibility index (Phi) is 5.39. The van der Waals surface area contributed by atoms with Crippen molar-refractivity contribution in [3.05, 3.63) is 66.1 Å². The Morgan fingerprint density at radius 3 is 2.56 bits per heavy atom. The van der Waals surface area contributed by atoms with Gasteiger partial charge in [-0.3, -0.25) is 0 Å². The van der Waals surface area contributed by atoms with Gasteiger partial charge in [0, 0.05) is 5.69 Å². The van der Waals surface area contributed by atoms with Crippen LogP contribution >= 0.6 is 0 Å². The van der Waals surface area contributed by atoms with Crippen LogP contribution in [0.25, 0.3) is 11.5 Å². The second kappa shape index (κ2) is 7.88. The van der Waals surface area contributed by atoms with Crippen LogP contribution in [0.1, 0.15) is 37.9 Å². The van der Waals surface area contributed by atoms with Crippen LogP contribution in [0.2, 0.25) is 0 Å². The molecule has 4 heteroatoms. The summed E-state index contributed by atoms with van der Waals surface area (Å²) in [6.45, 7) is 7.57. The zero-order valence-corrected chi connectivity index (χ0v) is 15.0. The van der Waals surface area contributed by atoms with Gasteiger partial charge in [-0.15, -0.1) is 0 Å². The molecule has 2 aromatic carbocycles. The second-order valence-electron chi connectivity index (χ2n) is 6.20. The zero-order chi connectivity index (χ0) is 17.6. The molecule has 0 aliphatic carbocycles. The highest BCUT2D eigenvalue weighted by Crippen LogP contribution is 2.29. The summed E-state index contributed by atoms with van der Waals surface area (Å²) in [4.78, 5) is 4.58. The van der Waals surface area contributed by atoms with E-state index in [1.54, 1.807) is 6.26 Å². The van der Waals surface area contributed by atoms with E-state index in [2.05, 4.69) is 48.4 Å². The lowest BCUT2D eigenvalue weighted by molar-refractivity contribution is 0.340. The van der Waals surface area contributed by atoms with Gasteiger partial charge in [-0.05, 0) is 42.7 Å². The first kappa shape index (κ1) is 17.1. The fraction of sp³-hybridized carbons (Fsp3) is 0.286. The molecule has 1 aromatic heterocycles. The molecule has 3 rings (SSSR count). The van der Waals surface area contributed by atoms with E-state index in [9.17, 15) is 0 Å². The van der Waals surface area contributed by atoms with Crippen molar-refractivity contribution >= 4 is 5.69 Å². The Labute approximate surface area is 148 Å². The van der Waals surface area contributed by atoms with Crippen molar-refractivity contribution in [3.63, 3.8) is 0 Å². The Balaban J connectivity index is 1.68. The van der Waals surface area contributed by atoms with E-state index in [0.29, 0.717) is 25.0 Å². The van der Waals surface area contributed by atoms with Crippen molar-refractivity contribution in [2.24, 2.45) is 0 Å². The van der Waals surface area contributed by atoms with Crippen LogP contribution in [0.15, 0.2) is 59.2 Å². The minimum Gasteiger partial charge on any atom is -0.493 e. The summed E-state index contributed by atoms with van der Waals surface area (Å²) in [5.41, 5.74) is 4.14. The van der Waals surface area contributed by atoms with Gasteiger partial charge in [0.15, 0.2) is 0 Å². The molecule has 3 aromatic rings. The Morgan fingerprint density at radius 2 is 1.84 bits per heavy atom. The molecule has 0 bridgehead atoms. The standard InChI is InChI=1S/C21H24N2O2/c1-4-24-20-8-6-5-7-19(20)21-23-18(14-25-21)13-22-17-11-9-16(10-12-17)15(2)3/h5-12,14-15,22H,4,13H2,1-3H3. The highest BCUT2D eigenvalue weighted by molar-refractivity contribution is 5.62. The number of oxazole rings is 1. The van der Waals surface area contributed by atoms with Crippen LogP contribution < -0.4 is 10.1 Å². The molecule has 0 saturated carbocycles. The molecule has 1 heterocycles. The summed E-state index contributed by atoms with van der Waals surface area (Å²) < 4.78 is 11.3. The van der Waals surface area contributed by atoms with E-state index in [0.717, 1.165) is 22.7 Å². The van der Waals surface area contributed by atoms with E-state index in [1.807, 2.05) is 31.2 Å². The lowest BCUT2D eigenvalue weighted by atomic mass is 10.0. The van der Waals surface area contributed by atoms with Gasteiger partial charge in [0.1, 0.15) is 12.0 Å². The van der Waals surface area contributed by atoms with E-state index in [4.69, 9.17) is 9.15 Å². The van der Waals surface area contributed by atoms with Gasteiger partial charge in [-0.2, -0.15) is 0 Å². The van der Waals surface area contributed by atoms with Gasteiger partial charge in [-0.25, -0.2) is 4.98 Å². The molecule has 0 fully saturated rings. The van der Waals surface area contributed by atoms with Gasteiger partial charge >= 0.3 is 0 Å². The van der Waals surface area contributed by atoms with Crippen LogP contribution in [0, 0.1) is 0 Å². The van der Waals surface area contributed by atoms with E-state index in [-0.39, 0.29) is 0 Å². The number of aromatic nitrogens is 1. The maximum absolute atomic E-state index is 5.65. The molecule has 0 saturated heterocycles. The molecule has 0 atom stereocenters. The van der Waals surface area contributed by atoms with Gasteiger partial charge in [0.25, 0.3) is 0 Å². The number of anilines is 1. The number of rotatable bonds is 7. The van der Waals surface area contributed by atoms with Crippen molar-refractivity contribution in [2.45, 2.75) is 33.2 Å². The quantitative estimate of drug-likeness (QED) is 0.621. The molecule has 4 nitrogen and oxygen atoms in total. The number of para-hydroxylation sites is 1. The third kappa shape index (κ3) is 4.21. The Bertz CT molecular complexity index is 807. The summed E-state index contributed by atoms with van der Waals surface area (Å²) in [6, 6.07) is 16.3. The van der Waals surface area contributed by atoms with E-state index >= 15 is 0 Å². The number of nitrogens with one attached hydrogen (secondary N) is 1. The average molecular weight is 336 g/mol. The Morgan fingerprint density at radius 1 is 1.08 bits per heavy atom. The third-order valence-electron chi connectivity index (χ3n) is 4.02. The monoisotopic (exact) mass is 336 g/mol. The summed E-state index contributed by atoms with van der Waals surface area (Å²) in [5.74, 6) is 1.91. The number of benzene rings is 2. The number of hydrogen-bond acceptors (Lipinski definition) is 4. The summed E-state index contributed by atoms with van der Waals surface area (Å²) in [5, 5.41) is 3.38. The fourth-order valence-corrected chi connectivity index (χ4v) is 2.62. The normalized spacial score (nSPS) is 10.9. The molecule has 1 N–H and O–H groups in total. The lowest BCUT2D eigenvalue weighted by Gasteiger charge is -2.08. The predicted molar refractivity (Wildman–Crippen MR) is 101 cm³/mol. The average Bonchev–Trinajstić information content (AvgIpc) is 3.10. The molecule has 0 aliphatic heterocycles. The first-order valence-corrected chi connectivity index (χ1v) is 8.67. The predicted octanol–water partition coefficient (Wildman–Crippen LogP) is 5.48. The fourth-order valence-electron chi connectivity index (χ4n) is 2.62. The molecule has 0 spiro atoms. The van der Waals surface area contributed by atoms with Crippen LogP contribution in [0.3, 0.4) is 0 Å². The maximum Gasteiger partial charge on any atom is 0.229 e. The summed E-state index contributed by atoms with van der Waals surface area (Å²) >= 11 is 0. The topological polar surface area (TPSA) is 47.3 Å². The zero-order valence-electron chi connectivity index (χ0n) is 15.0. The Hall–Kier alpha value is -2.75. The highest BCUT2D eigenvalue weighted by atomic mass is 16.5. The van der Waals surface area contributed by atoms with Gasteiger partial charge < -0.3 is 14.5 Å². The van der Waals surface area contributed by atoms with E-state index in [1.165, 1.54) is 5.56 Å². The van der Waals surface area contributed by atoms with Crippen molar-refractivity contribution in [2.75, 3.05) is 11.9 Å². The largest absolute Gasteiger partial charge is 0.493 e. The molecular weight excluding hydrogens is 312 g/mol. The van der Waals surface area contributed by atoms with Crippen LogP contribution in [0.4, 0.5) is 5.69 Å². The summed E-state index contributed by atoms with van der Waals surface area (Å²) in [6.07, 6.45) is 1.69. The first-order valence-electron chi connectivity index (χ1n) is 8.67. The van der Waals surface area contributed by atoms with Gasteiger partial charge in [0.2, 0.25) is 5.89 Å². The smallest absolute Gasteiger partial charge is 0.229 e. The molecule has 130 valence electrons. The molecule has 0 aliphatic rings. The van der Waals surface area contributed by atoms with Crippen LogP contribution in [-0.4, -0.2) is 11.6 Å².